The highest BCUT2D eigenvalue weighted by molar-refractivity contribution is 5.96. The average Bonchev–Trinajstić information content (AvgIpc) is 2.76. The quantitative estimate of drug-likeness (QED) is 0.606. The zero-order valence-corrected chi connectivity index (χ0v) is 10.5. The third-order valence-corrected chi connectivity index (χ3v) is 5.04. The monoisotopic (exact) mass is 236 g/mol. The molecule has 0 aromatic carbocycles. The summed E-state index contributed by atoms with van der Waals surface area (Å²) >= 11 is 0. The fourth-order valence-electron chi connectivity index (χ4n) is 3.71. The van der Waals surface area contributed by atoms with Crippen molar-refractivity contribution in [1.29, 1.82) is 0 Å². The van der Waals surface area contributed by atoms with Gasteiger partial charge in [-0.25, -0.2) is 0 Å². The SMILES string of the molecule is C=C1C(=O)CC[C@H]2CC3(CC[C@]12C)OCCO3. The van der Waals surface area contributed by atoms with E-state index in [-0.39, 0.29) is 17.0 Å². The van der Waals surface area contributed by atoms with Crippen molar-refractivity contribution in [2.75, 3.05) is 13.2 Å². The van der Waals surface area contributed by atoms with Gasteiger partial charge in [0.05, 0.1) is 13.2 Å². The van der Waals surface area contributed by atoms with E-state index in [2.05, 4.69) is 13.5 Å². The maximum absolute atomic E-state index is 11.8. The molecule has 1 aliphatic heterocycles. The van der Waals surface area contributed by atoms with Crippen molar-refractivity contribution in [1.82, 2.24) is 0 Å². The van der Waals surface area contributed by atoms with Crippen LogP contribution >= 0.6 is 0 Å². The van der Waals surface area contributed by atoms with Gasteiger partial charge in [0.25, 0.3) is 0 Å². The molecule has 1 saturated heterocycles. The average molecular weight is 236 g/mol. The lowest BCUT2D eigenvalue weighted by atomic mass is 9.57. The van der Waals surface area contributed by atoms with E-state index in [1.807, 2.05) is 0 Å². The second kappa shape index (κ2) is 3.66. The van der Waals surface area contributed by atoms with Gasteiger partial charge in [0, 0.05) is 19.3 Å². The molecule has 2 saturated carbocycles. The van der Waals surface area contributed by atoms with Crippen LogP contribution in [0.5, 0.6) is 0 Å². The second-order valence-corrected chi connectivity index (χ2v) is 5.87. The molecule has 3 rings (SSSR count). The summed E-state index contributed by atoms with van der Waals surface area (Å²) in [6, 6.07) is 0. The lowest BCUT2D eigenvalue weighted by Crippen LogP contribution is -2.48. The van der Waals surface area contributed by atoms with Crippen LogP contribution in [0, 0.1) is 11.3 Å². The van der Waals surface area contributed by atoms with E-state index in [0.29, 0.717) is 25.6 Å². The first-order valence-electron chi connectivity index (χ1n) is 6.56. The fourth-order valence-corrected chi connectivity index (χ4v) is 3.71. The second-order valence-electron chi connectivity index (χ2n) is 5.87. The summed E-state index contributed by atoms with van der Waals surface area (Å²) in [5.41, 5.74) is 0.817. The van der Waals surface area contributed by atoms with Crippen molar-refractivity contribution in [3.05, 3.63) is 12.2 Å². The highest BCUT2D eigenvalue weighted by Crippen LogP contribution is 2.55. The molecule has 2 aliphatic carbocycles. The van der Waals surface area contributed by atoms with Crippen LogP contribution in [0.2, 0.25) is 0 Å². The Labute approximate surface area is 102 Å². The molecule has 0 aromatic heterocycles. The first-order chi connectivity index (χ1) is 8.06. The predicted octanol–water partition coefficient (Wildman–Crippen LogP) is 2.46. The van der Waals surface area contributed by atoms with Gasteiger partial charge in [-0.2, -0.15) is 0 Å². The Kier molecular flexibility index (Phi) is 2.46. The van der Waals surface area contributed by atoms with Crippen molar-refractivity contribution in [3.63, 3.8) is 0 Å². The normalized spacial score (nSPS) is 40.6. The van der Waals surface area contributed by atoms with Gasteiger partial charge in [0.1, 0.15) is 0 Å². The molecule has 3 fully saturated rings. The Morgan fingerprint density at radius 3 is 2.71 bits per heavy atom. The maximum atomic E-state index is 11.8. The minimum absolute atomic E-state index is 0.0180. The number of rotatable bonds is 0. The summed E-state index contributed by atoms with van der Waals surface area (Å²) in [5.74, 6) is 0.401. The molecule has 17 heavy (non-hydrogen) atoms. The van der Waals surface area contributed by atoms with Crippen molar-refractivity contribution in [3.8, 4) is 0 Å². The number of ether oxygens (including phenoxy) is 2. The van der Waals surface area contributed by atoms with Gasteiger partial charge in [-0.15, -0.1) is 0 Å². The van der Waals surface area contributed by atoms with E-state index < -0.39 is 0 Å². The van der Waals surface area contributed by atoms with Crippen LogP contribution in [0.15, 0.2) is 12.2 Å². The van der Waals surface area contributed by atoms with Crippen molar-refractivity contribution in [2.45, 2.75) is 44.8 Å². The van der Waals surface area contributed by atoms with Gasteiger partial charge < -0.3 is 9.47 Å². The third kappa shape index (κ3) is 1.59. The number of Topliss-reactive ketones (excluding diaryl/α,β-unsaturated/α-hetero) is 1. The molecule has 0 N–H and O–H groups in total. The largest absolute Gasteiger partial charge is 0.348 e. The molecule has 0 unspecified atom stereocenters. The molecule has 2 atom stereocenters. The van der Waals surface area contributed by atoms with E-state index >= 15 is 0 Å². The van der Waals surface area contributed by atoms with Gasteiger partial charge in [0.2, 0.25) is 0 Å². The summed E-state index contributed by atoms with van der Waals surface area (Å²) in [4.78, 5) is 11.8. The number of ketones is 1. The predicted molar refractivity (Wildman–Crippen MR) is 63.5 cm³/mol. The van der Waals surface area contributed by atoms with Gasteiger partial charge in [-0.3, -0.25) is 4.79 Å². The zero-order chi connectivity index (χ0) is 12.1. The third-order valence-electron chi connectivity index (χ3n) is 5.04. The molecule has 3 nitrogen and oxygen atoms in total. The molecule has 0 bridgehead atoms. The molecule has 3 aliphatic rings. The van der Waals surface area contributed by atoms with E-state index in [1.165, 1.54) is 0 Å². The lowest BCUT2D eigenvalue weighted by molar-refractivity contribution is -0.204. The topological polar surface area (TPSA) is 35.5 Å². The molecule has 3 heteroatoms. The molecule has 1 spiro atoms. The number of allylic oxidation sites excluding steroid dienone is 1. The summed E-state index contributed by atoms with van der Waals surface area (Å²) in [5, 5.41) is 0. The molecular formula is C14H20O3. The summed E-state index contributed by atoms with van der Waals surface area (Å²) in [7, 11) is 0. The number of hydrogen-bond donors (Lipinski definition) is 0. The van der Waals surface area contributed by atoms with E-state index in [0.717, 1.165) is 31.3 Å². The Morgan fingerprint density at radius 2 is 2.00 bits per heavy atom. The van der Waals surface area contributed by atoms with E-state index in [1.54, 1.807) is 0 Å². The van der Waals surface area contributed by atoms with Crippen LogP contribution in [-0.4, -0.2) is 24.8 Å². The van der Waals surface area contributed by atoms with Crippen LogP contribution in [-0.2, 0) is 14.3 Å². The molecule has 1 heterocycles. The van der Waals surface area contributed by atoms with E-state index in [4.69, 9.17) is 9.47 Å². The number of hydrogen-bond acceptors (Lipinski definition) is 3. The smallest absolute Gasteiger partial charge is 0.168 e. The van der Waals surface area contributed by atoms with Gasteiger partial charge in [-0.05, 0) is 29.7 Å². The molecule has 0 radical (unpaired) electrons. The molecule has 94 valence electrons. The highest BCUT2D eigenvalue weighted by Gasteiger charge is 2.53. The Balaban J connectivity index is 1.85. The van der Waals surface area contributed by atoms with E-state index in [9.17, 15) is 4.79 Å². The number of fused-ring (bicyclic) bond motifs is 1. The standard InChI is InChI=1S/C14H20O3/c1-10-12(15)4-3-11-9-14(16-7-8-17-14)6-5-13(10,11)2/h11H,1,3-9H2,2H3/t11-,13+/m0/s1. The lowest BCUT2D eigenvalue weighted by Gasteiger charge is -2.50. The Hall–Kier alpha value is -0.670. The van der Waals surface area contributed by atoms with Crippen molar-refractivity contribution in [2.24, 2.45) is 11.3 Å². The van der Waals surface area contributed by atoms with Gasteiger partial charge >= 0.3 is 0 Å². The van der Waals surface area contributed by atoms with Gasteiger partial charge in [0.15, 0.2) is 11.6 Å². The molecular weight excluding hydrogens is 216 g/mol. The van der Waals surface area contributed by atoms with Crippen LogP contribution < -0.4 is 0 Å². The number of carbonyl (C=O) groups is 1. The summed E-state index contributed by atoms with van der Waals surface area (Å²) in [6.07, 6.45) is 4.39. The van der Waals surface area contributed by atoms with Crippen molar-refractivity contribution >= 4 is 5.78 Å². The zero-order valence-electron chi connectivity index (χ0n) is 10.5. The highest BCUT2D eigenvalue weighted by atomic mass is 16.7. The fraction of sp³-hybridized carbons (Fsp3) is 0.786. The minimum Gasteiger partial charge on any atom is -0.348 e. The number of carbonyl (C=O) groups excluding carboxylic acids is 1. The van der Waals surface area contributed by atoms with Gasteiger partial charge in [-0.1, -0.05) is 13.5 Å². The Morgan fingerprint density at radius 1 is 1.29 bits per heavy atom. The molecule has 0 amide bonds. The maximum Gasteiger partial charge on any atom is 0.168 e. The van der Waals surface area contributed by atoms with Crippen LogP contribution in [0.3, 0.4) is 0 Å². The van der Waals surface area contributed by atoms with Crippen LogP contribution in [0.25, 0.3) is 0 Å². The summed E-state index contributed by atoms with van der Waals surface area (Å²) in [6.45, 7) is 7.65. The summed E-state index contributed by atoms with van der Waals surface area (Å²) < 4.78 is 11.6. The first kappa shape index (κ1) is 11.4. The van der Waals surface area contributed by atoms with Crippen LogP contribution in [0.1, 0.15) is 39.0 Å². The van der Waals surface area contributed by atoms with Crippen molar-refractivity contribution < 1.29 is 14.3 Å². The van der Waals surface area contributed by atoms with Crippen LogP contribution in [0.4, 0.5) is 0 Å². The Bertz CT molecular complexity index is 368. The molecule has 0 aromatic rings. The minimum atomic E-state index is -0.342. The first-order valence-corrected chi connectivity index (χ1v) is 6.56.